The van der Waals surface area contributed by atoms with Crippen LogP contribution in [0.25, 0.3) is 17.0 Å². The van der Waals surface area contributed by atoms with Crippen molar-refractivity contribution in [2.75, 3.05) is 95.7 Å². The number of ether oxygens (including phenoxy) is 4. The second kappa shape index (κ2) is 15.3. The van der Waals surface area contributed by atoms with Crippen LogP contribution >= 0.6 is 0 Å². The highest BCUT2D eigenvalue weighted by molar-refractivity contribution is 5.84. The molecule has 3 saturated heterocycles. The van der Waals surface area contributed by atoms with Gasteiger partial charge < -0.3 is 33.6 Å². The van der Waals surface area contributed by atoms with Crippen LogP contribution in [0.2, 0.25) is 0 Å². The van der Waals surface area contributed by atoms with Crippen LogP contribution in [0.1, 0.15) is 52.3 Å². The number of alkyl halides is 2. The minimum atomic E-state index is -2.90. The lowest BCUT2D eigenvalue weighted by Gasteiger charge is -2.39. The third-order valence-electron chi connectivity index (χ3n) is 8.97. The Hall–Kier alpha value is -3.89. The van der Waals surface area contributed by atoms with Crippen molar-refractivity contribution >= 4 is 29.0 Å². The molecule has 3 aliphatic heterocycles. The average molecular weight is 688 g/mol. The van der Waals surface area contributed by atoms with E-state index < -0.39 is 17.9 Å². The van der Waals surface area contributed by atoms with E-state index >= 15 is 0 Å². The number of para-hydroxylation sites is 1. The fraction of sp³-hybridized carbons (Fsp3) is 0.667. The van der Waals surface area contributed by atoms with E-state index in [-0.39, 0.29) is 18.1 Å². The first-order valence-electron chi connectivity index (χ1n) is 17.1. The molecule has 0 unspecified atom stereocenters. The molecule has 0 saturated carbocycles. The van der Waals surface area contributed by atoms with Crippen molar-refractivity contribution in [3.05, 3.63) is 24.0 Å². The highest BCUT2D eigenvalue weighted by Crippen LogP contribution is 2.33. The topological polar surface area (TPSA) is 123 Å². The van der Waals surface area contributed by atoms with Crippen molar-refractivity contribution in [3.8, 4) is 11.7 Å². The maximum atomic E-state index is 14.7. The van der Waals surface area contributed by atoms with E-state index in [1.807, 2.05) is 25.7 Å². The summed E-state index contributed by atoms with van der Waals surface area (Å²) >= 11 is 0. The number of carbonyl (C=O) groups is 1. The summed E-state index contributed by atoms with van der Waals surface area (Å²) in [5, 5.41) is 0. The zero-order chi connectivity index (χ0) is 34.5. The Kier molecular flexibility index (Phi) is 10.9. The molecule has 16 heteroatoms. The number of fused-ring (bicyclic) bond motifs is 1. The van der Waals surface area contributed by atoms with Gasteiger partial charge in [-0.15, -0.1) is 0 Å². The standard InChI is InChI=1S/C33H47F2N9O5/c1-33(2,3)49-32(45)42-13-9-23(10-14-42)43(12-6-11-40-15-19-47-20-16-40)30-37-29(41-17-21-48-22-18-41)38-31(39-30)44-24-7-5-8-25(46-4)26(24)36-28(44)27(34)35/h5,7-8,23,27H,6,9-22H2,1-4H3. The maximum Gasteiger partial charge on any atom is 0.410 e. The van der Waals surface area contributed by atoms with E-state index in [9.17, 15) is 13.6 Å². The quantitative estimate of drug-likeness (QED) is 0.307. The largest absolute Gasteiger partial charge is 0.494 e. The fourth-order valence-electron chi connectivity index (χ4n) is 6.51. The summed E-state index contributed by atoms with van der Waals surface area (Å²) in [4.78, 5) is 40.2. The first-order chi connectivity index (χ1) is 23.6. The summed E-state index contributed by atoms with van der Waals surface area (Å²) < 4.78 is 52.9. The van der Waals surface area contributed by atoms with Gasteiger partial charge in [-0.3, -0.25) is 9.47 Å². The average Bonchev–Trinajstić information content (AvgIpc) is 3.51. The van der Waals surface area contributed by atoms with E-state index in [0.717, 1.165) is 26.1 Å². The molecule has 3 aromatic rings. The molecule has 14 nitrogen and oxygen atoms in total. The van der Waals surface area contributed by atoms with E-state index in [4.69, 9.17) is 33.9 Å². The molecule has 0 radical (unpaired) electrons. The van der Waals surface area contributed by atoms with Crippen LogP contribution in [-0.2, 0) is 14.2 Å². The Labute approximate surface area is 285 Å². The molecule has 0 spiro atoms. The zero-order valence-electron chi connectivity index (χ0n) is 28.8. The zero-order valence-corrected chi connectivity index (χ0v) is 28.8. The minimum absolute atomic E-state index is 0.00893. The fourth-order valence-corrected chi connectivity index (χ4v) is 6.51. The molecule has 1 amide bonds. The number of hydrogen-bond donors (Lipinski definition) is 0. The van der Waals surface area contributed by atoms with Crippen LogP contribution in [-0.4, -0.2) is 138 Å². The molecular formula is C33H47F2N9O5. The number of aromatic nitrogens is 5. The molecular weight excluding hydrogens is 640 g/mol. The summed E-state index contributed by atoms with van der Waals surface area (Å²) in [6, 6.07) is 5.12. The van der Waals surface area contributed by atoms with E-state index in [0.29, 0.717) is 101 Å². The third kappa shape index (κ3) is 8.29. The van der Waals surface area contributed by atoms with Crippen LogP contribution in [0, 0.1) is 0 Å². The number of hydrogen-bond acceptors (Lipinski definition) is 12. The number of imidazole rings is 1. The molecule has 0 N–H and O–H groups in total. The number of anilines is 2. The van der Waals surface area contributed by atoms with E-state index in [1.165, 1.54) is 11.7 Å². The van der Waals surface area contributed by atoms with E-state index in [1.54, 1.807) is 23.1 Å². The first kappa shape index (κ1) is 35.0. The predicted octanol–water partition coefficient (Wildman–Crippen LogP) is 3.92. The number of piperidine rings is 1. The van der Waals surface area contributed by atoms with Crippen molar-refractivity contribution in [2.24, 2.45) is 0 Å². The van der Waals surface area contributed by atoms with Crippen molar-refractivity contribution in [1.29, 1.82) is 0 Å². The minimum Gasteiger partial charge on any atom is -0.494 e. The second-order valence-corrected chi connectivity index (χ2v) is 13.5. The van der Waals surface area contributed by atoms with Crippen LogP contribution < -0.4 is 14.5 Å². The Morgan fingerprint density at radius 1 is 0.959 bits per heavy atom. The number of amides is 1. The van der Waals surface area contributed by atoms with Crippen molar-refractivity contribution in [3.63, 3.8) is 0 Å². The molecule has 6 rings (SSSR count). The van der Waals surface area contributed by atoms with Gasteiger partial charge in [0.1, 0.15) is 16.9 Å². The van der Waals surface area contributed by atoms with Gasteiger partial charge in [-0.2, -0.15) is 15.0 Å². The lowest BCUT2D eigenvalue weighted by atomic mass is 10.0. The summed E-state index contributed by atoms with van der Waals surface area (Å²) in [7, 11) is 1.48. The SMILES string of the molecule is COc1cccc2c1nc(C(F)F)n2-c1nc(N2CCOCC2)nc(N(CCCN2CCOCC2)C2CCN(C(=O)OC(C)(C)C)CC2)n1. The van der Waals surface area contributed by atoms with Crippen LogP contribution in [0.15, 0.2) is 18.2 Å². The van der Waals surface area contributed by atoms with Gasteiger partial charge in [-0.05, 0) is 52.2 Å². The van der Waals surface area contributed by atoms with E-state index in [2.05, 4.69) is 14.8 Å². The molecule has 0 aliphatic carbocycles. The number of rotatable bonds is 10. The van der Waals surface area contributed by atoms with Crippen molar-refractivity contribution < 1.29 is 32.5 Å². The Balaban J connectivity index is 1.38. The van der Waals surface area contributed by atoms with Gasteiger partial charge in [-0.1, -0.05) is 6.07 Å². The molecule has 0 atom stereocenters. The molecule has 49 heavy (non-hydrogen) atoms. The number of nitrogens with zero attached hydrogens (tertiary/aromatic N) is 9. The Bertz CT molecular complexity index is 1570. The monoisotopic (exact) mass is 687 g/mol. The molecule has 2 aromatic heterocycles. The second-order valence-electron chi connectivity index (χ2n) is 13.5. The van der Waals surface area contributed by atoms with Crippen LogP contribution in [0.3, 0.4) is 0 Å². The normalized spacial score (nSPS) is 18.3. The summed E-state index contributed by atoms with van der Waals surface area (Å²) in [6.07, 6.45) is -1.07. The summed E-state index contributed by atoms with van der Waals surface area (Å²) in [6.45, 7) is 13.3. The van der Waals surface area contributed by atoms with Gasteiger partial charge in [0.2, 0.25) is 17.8 Å². The highest BCUT2D eigenvalue weighted by Gasteiger charge is 2.33. The molecule has 3 fully saturated rings. The third-order valence-corrected chi connectivity index (χ3v) is 8.97. The Morgan fingerprint density at radius 2 is 1.63 bits per heavy atom. The van der Waals surface area contributed by atoms with Crippen LogP contribution in [0.5, 0.6) is 5.75 Å². The first-order valence-corrected chi connectivity index (χ1v) is 17.1. The van der Waals surface area contributed by atoms with Crippen LogP contribution in [0.4, 0.5) is 25.5 Å². The number of likely N-dealkylation sites (tertiary alicyclic amines) is 1. The van der Waals surface area contributed by atoms with Crippen molar-refractivity contribution in [1.82, 2.24) is 34.3 Å². The lowest BCUT2D eigenvalue weighted by Crippen LogP contribution is -2.49. The number of carbonyl (C=O) groups excluding carboxylic acids is 1. The smallest absolute Gasteiger partial charge is 0.410 e. The highest BCUT2D eigenvalue weighted by atomic mass is 19.3. The number of benzene rings is 1. The number of halogens is 2. The van der Waals surface area contributed by atoms with Gasteiger partial charge in [-0.25, -0.2) is 18.6 Å². The predicted molar refractivity (Wildman–Crippen MR) is 179 cm³/mol. The van der Waals surface area contributed by atoms with Gasteiger partial charge in [0, 0.05) is 58.4 Å². The van der Waals surface area contributed by atoms with Gasteiger partial charge in [0.05, 0.1) is 39.1 Å². The summed E-state index contributed by atoms with van der Waals surface area (Å²) in [5.74, 6) is 0.741. The summed E-state index contributed by atoms with van der Waals surface area (Å²) in [5.41, 5.74) is 0.117. The molecule has 5 heterocycles. The molecule has 268 valence electrons. The number of morpholine rings is 2. The van der Waals surface area contributed by atoms with Gasteiger partial charge >= 0.3 is 6.09 Å². The van der Waals surface area contributed by atoms with Gasteiger partial charge in [0.25, 0.3) is 6.43 Å². The molecule has 1 aromatic carbocycles. The lowest BCUT2D eigenvalue weighted by molar-refractivity contribution is 0.0203. The Morgan fingerprint density at radius 3 is 2.29 bits per heavy atom. The van der Waals surface area contributed by atoms with Gasteiger partial charge in [0.15, 0.2) is 5.82 Å². The molecule has 0 bridgehead atoms. The molecule has 3 aliphatic rings. The maximum absolute atomic E-state index is 14.7. The number of methoxy groups -OCH3 is 1. The van der Waals surface area contributed by atoms with Crippen molar-refractivity contribution in [2.45, 2.75) is 58.1 Å².